The topological polar surface area (TPSA) is 149 Å². The van der Waals surface area contributed by atoms with Gasteiger partial charge in [0.2, 0.25) is 16.0 Å². The SMILES string of the molecule is COc1cc(N2CCC(N3CCN(CCO)CC3)CC2)ccc1Nc1ncc(Cl)c(Nc2ccccc2CS(N)(=O)=O)n1. The summed E-state index contributed by atoms with van der Waals surface area (Å²) in [6.45, 7) is 7.09. The molecule has 0 bridgehead atoms. The van der Waals surface area contributed by atoms with Crippen LogP contribution in [0.5, 0.6) is 5.75 Å². The number of piperazine rings is 1. The number of sulfonamides is 1. The van der Waals surface area contributed by atoms with Crippen LogP contribution in [0.15, 0.2) is 48.7 Å². The molecule has 5 N–H and O–H groups in total. The summed E-state index contributed by atoms with van der Waals surface area (Å²) < 4.78 is 29.1. The number of aromatic nitrogens is 2. The molecule has 43 heavy (non-hydrogen) atoms. The molecule has 0 amide bonds. The number of ether oxygens (including phenoxy) is 1. The average molecular weight is 631 g/mol. The van der Waals surface area contributed by atoms with Crippen LogP contribution >= 0.6 is 11.6 Å². The molecule has 14 heteroatoms. The van der Waals surface area contributed by atoms with Gasteiger partial charge in [-0.2, -0.15) is 4.98 Å². The first kappa shape index (κ1) is 31.2. The number of primary sulfonamides is 1. The smallest absolute Gasteiger partial charge is 0.229 e. The van der Waals surface area contributed by atoms with Crippen molar-refractivity contribution >= 4 is 50.5 Å². The second-order valence-electron chi connectivity index (χ2n) is 10.8. The lowest BCUT2D eigenvalue weighted by Crippen LogP contribution is -2.53. The largest absolute Gasteiger partial charge is 0.494 e. The maximum atomic E-state index is 11.7. The molecule has 0 radical (unpaired) electrons. The van der Waals surface area contributed by atoms with Crippen LogP contribution in [-0.4, -0.2) is 98.9 Å². The van der Waals surface area contributed by atoms with Gasteiger partial charge in [-0.25, -0.2) is 18.5 Å². The highest BCUT2D eigenvalue weighted by molar-refractivity contribution is 7.88. The predicted octanol–water partition coefficient (Wildman–Crippen LogP) is 2.99. The third-order valence-electron chi connectivity index (χ3n) is 7.97. The zero-order valence-corrected chi connectivity index (χ0v) is 25.8. The van der Waals surface area contributed by atoms with Crippen LogP contribution in [0.4, 0.5) is 28.8 Å². The van der Waals surface area contributed by atoms with Gasteiger partial charge >= 0.3 is 0 Å². The predicted molar refractivity (Wildman–Crippen MR) is 170 cm³/mol. The summed E-state index contributed by atoms with van der Waals surface area (Å²) in [4.78, 5) is 16.2. The van der Waals surface area contributed by atoms with Crippen LogP contribution in [0.25, 0.3) is 0 Å². The molecule has 2 aliphatic heterocycles. The Balaban J connectivity index is 1.23. The van der Waals surface area contributed by atoms with Gasteiger partial charge < -0.3 is 25.4 Å². The van der Waals surface area contributed by atoms with E-state index in [2.05, 4.69) is 41.4 Å². The first-order valence-electron chi connectivity index (χ1n) is 14.4. The quantitative estimate of drug-likeness (QED) is 0.248. The van der Waals surface area contributed by atoms with Crippen LogP contribution in [0.1, 0.15) is 18.4 Å². The first-order valence-corrected chi connectivity index (χ1v) is 16.5. The second-order valence-corrected chi connectivity index (χ2v) is 12.8. The van der Waals surface area contributed by atoms with Crippen LogP contribution < -0.4 is 25.4 Å². The number of hydrogen-bond donors (Lipinski definition) is 4. The number of halogens is 1. The molecule has 5 rings (SSSR count). The lowest BCUT2D eigenvalue weighted by Gasteiger charge is -2.43. The summed E-state index contributed by atoms with van der Waals surface area (Å²) in [5.41, 5.74) is 2.82. The first-order chi connectivity index (χ1) is 20.7. The van der Waals surface area contributed by atoms with E-state index in [4.69, 9.17) is 21.5 Å². The number of nitrogens with zero attached hydrogens (tertiary/aromatic N) is 5. The molecule has 12 nitrogen and oxygen atoms in total. The average Bonchev–Trinajstić information content (AvgIpc) is 3.00. The maximum Gasteiger partial charge on any atom is 0.229 e. The van der Waals surface area contributed by atoms with E-state index >= 15 is 0 Å². The van der Waals surface area contributed by atoms with Crippen LogP contribution in [-0.2, 0) is 15.8 Å². The lowest BCUT2D eigenvalue weighted by molar-refractivity contribution is 0.0747. The fraction of sp³-hybridized carbons (Fsp3) is 0.448. The van der Waals surface area contributed by atoms with Crippen molar-refractivity contribution in [1.29, 1.82) is 0 Å². The third kappa shape index (κ3) is 8.25. The Bertz CT molecular complexity index is 1500. The summed E-state index contributed by atoms with van der Waals surface area (Å²) in [5, 5.41) is 21.1. The van der Waals surface area contributed by atoms with Crippen molar-refractivity contribution in [3.63, 3.8) is 0 Å². The lowest BCUT2D eigenvalue weighted by atomic mass is 10.0. The van der Waals surface area contributed by atoms with E-state index in [0.29, 0.717) is 40.5 Å². The molecule has 2 fully saturated rings. The highest BCUT2D eigenvalue weighted by atomic mass is 35.5. The van der Waals surface area contributed by atoms with Gasteiger partial charge in [0.1, 0.15) is 10.8 Å². The van der Waals surface area contributed by atoms with E-state index in [-0.39, 0.29) is 17.4 Å². The van der Waals surface area contributed by atoms with Crippen molar-refractivity contribution in [3.05, 3.63) is 59.2 Å². The number of nitrogens with two attached hydrogens (primary N) is 1. The number of nitrogens with one attached hydrogen (secondary N) is 2. The zero-order chi connectivity index (χ0) is 30.4. The number of para-hydroxylation sites is 1. The minimum Gasteiger partial charge on any atom is -0.494 e. The van der Waals surface area contributed by atoms with E-state index in [9.17, 15) is 13.5 Å². The van der Waals surface area contributed by atoms with Crippen molar-refractivity contribution in [2.45, 2.75) is 24.6 Å². The normalized spacial score (nSPS) is 17.2. The van der Waals surface area contributed by atoms with Crippen molar-refractivity contribution in [1.82, 2.24) is 19.8 Å². The van der Waals surface area contributed by atoms with Crippen molar-refractivity contribution in [2.24, 2.45) is 5.14 Å². The number of rotatable bonds is 11. The molecule has 0 atom stereocenters. The number of piperidine rings is 1. The van der Waals surface area contributed by atoms with Crippen LogP contribution in [0, 0.1) is 0 Å². The van der Waals surface area contributed by atoms with Gasteiger partial charge in [0, 0.05) is 69.3 Å². The number of hydrogen-bond acceptors (Lipinski definition) is 11. The number of aliphatic hydroxyl groups is 1. The standard InChI is InChI=1S/C29H39ClN8O4S/c1-42-27-18-23(37-10-8-22(9-11-37)38-14-12-36(13-15-38)16-17-39)6-7-26(27)34-29-32-19-24(30)28(35-29)33-25-5-3-2-4-21(25)20-43(31,40)41/h2-7,18-19,22,39H,8-17,20H2,1H3,(H2,31,40,41)(H2,32,33,34,35). The fourth-order valence-electron chi connectivity index (χ4n) is 5.71. The Morgan fingerprint density at radius 3 is 2.49 bits per heavy atom. The number of anilines is 5. The molecule has 1 aromatic heterocycles. The van der Waals surface area contributed by atoms with Gasteiger partial charge in [0.25, 0.3) is 0 Å². The van der Waals surface area contributed by atoms with Gasteiger partial charge in [-0.3, -0.25) is 9.80 Å². The van der Waals surface area contributed by atoms with Gasteiger partial charge in [-0.1, -0.05) is 29.8 Å². The summed E-state index contributed by atoms with van der Waals surface area (Å²) in [6, 6.07) is 13.6. The Kier molecular flexibility index (Phi) is 10.2. The van der Waals surface area contributed by atoms with Crippen molar-refractivity contribution in [2.75, 3.05) is 75.1 Å². The molecule has 2 aromatic carbocycles. The van der Waals surface area contributed by atoms with E-state index in [1.165, 1.54) is 6.20 Å². The number of methoxy groups -OCH3 is 1. The number of aliphatic hydroxyl groups excluding tert-OH is 1. The summed E-state index contributed by atoms with van der Waals surface area (Å²) in [7, 11) is -2.10. The molecule has 3 aromatic rings. The van der Waals surface area contributed by atoms with E-state index in [1.807, 2.05) is 12.1 Å². The summed E-state index contributed by atoms with van der Waals surface area (Å²) in [5.74, 6) is 0.940. The Morgan fingerprint density at radius 1 is 1.05 bits per heavy atom. The number of β-amino-alcohol motifs (C(OH)–C–C–N with tert-alkyl or cyclic N) is 1. The van der Waals surface area contributed by atoms with Crippen LogP contribution in [0.3, 0.4) is 0 Å². The molecular formula is C29H39ClN8O4S. The Labute approximate surface area is 257 Å². The van der Waals surface area contributed by atoms with E-state index in [0.717, 1.165) is 64.3 Å². The highest BCUT2D eigenvalue weighted by Crippen LogP contribution is 2.34. The van der Waals surface area contributed by atoms with Gasteiger partial charge in [-0.15, -0.1) is 0 Å². The van der Waals surface area contributed by atoms with E-state index < -0.39 is 10.0 Å². The maximum absolute atomic E-state index is 11.7. The molecule has 0 unspecified atom stereocenters. The monoisotopic (exact) mass is 630 g/mol. The molecule has 2 saturated heterocycles. The Morgan fingerprint density at radius 2 is 1.79 bits per heavy atom. The minimum atomic E-state index is -3.73. The zero-order valence-electron chi connectivity index (χ0n) is 24.2. The molecule has 0 aliphatic carbocycles. The van der Waals surface area contributed by atoms with Gasteiger partial charge in [0.05, 0.1) is 31.4 Å². The minimum absolute atomic E-state index is 0.224. The fourth-order valence-corrected chi connectivity index (χ4v) is 6.53. The summed E-state index contributed by atoms with van der Waals surface area (Å²) >= 11 is 6.38. The van der Waals surface area contributed by atoms with E-state index in [1.54, 1.807) is 31.4 Å². The van der Waals surface area contributed by atoms with Crippen molar-refractivity contribution in [3.8, 4) is 5.75 Å². The Hall–Kier alpha value is -3.20. The molecule has 3 heterocycles. The molecule has 0 saturated carbocycles. The molecule has 232 valence electrons. The highest BCUT2D eigenvalue weighted by Gasteiger charge is 2.27. The van der Waals surface area contributed by atoms with Crippen LogP contribution in [0.2, 0.25) is 5.02 Å². The third-order valence-corrected chi connectivity index (χ3v) is 8.96. The number of benzene rings is 2. The van der Waals surface area contributed by atoms with Gasteiger partial charge in [0.15, 0.2) is 5.82 Å². The second kappa shape index (κ2) is 14.1. The molecule has 2 aliphatic rings. The van der Waals surface area contributed by atoms with Gasteiger partial charge in [-0.05, 0) is 36.6 Å². The molecule has 0 spiro atoms. The summed E-state index contributed by atoms with van der Waals surface area (Å²) in [6.07, 6.45) is 3.69. The molecular weight excluding hydrogens is 592 g/mol. The van der Waals surface area contributed by atoms with Crippen molar-refractivity contribution < 1.29 is 18.3 Å².